The molecule has 0 heterocycles. The van der Waals surface area contributed by atoms with Gasteiger partial charge >= 0.3 is 0 Å². The quantitative estimate of drug-likeness (QED) is 0.796. The van der Waals surface area contributed by atoms with E-state index < -0.39 is 0 Å². The van der Waals surface area contributed by atoms with Gasteiger partial charge in [0.2, 0.25) is 0 Å². The number of hydrogen-bond acceptors (Lipinski definition) is 4. The molecule has 18 heavy (non-hydrogen) atoms. The molecular weight excluding hydrogens is 232 g/mol. The Morgan fingerprint density at radius 1 is 0.778 bits per heavy atom. The Labute approximate surface area is 103 Å². The van der Waals surface area contributed by atoms with Crippen molar-refractivity contribution < 1.29 is 19.8 Å². The Bertz CT molecular complexity index is 612. The van der Waals surface area contributed by atoms with Crippen LogP contribution in [0.3, 0.4) is 0 Å². The van der Waals surface area contributed by atoms with Gasteiger partial charge in [0.1, 0.15) is 11.5 Å². The van der Waals surface area contributed by atoms with Crippen molar-refractivity contribution in [1.29, 1.82) is 0 Å². The first-order valence-electron chi connectivity index (χ1n) is 5.43. The second-order valence-electron chi connectivity index (χ2n) is 4.13. The predicted octanol–water partition coefficient (Wildman–Crippen LogP) is 2.66. The van der Waals surface area contributed by atoms with Gasteiger partial charge in [-0.3, -0.25) is 9.59 Å². The highest BCUT2D eigenvalue weighted by molar-refractivity contribution is 6.17. The highest BCUT2D eigenvalue weighted by Gasteiger charge is 2.17. The molecule has 4 heteroatoms. The highest BCUT2D eigenvalue weighted by atomic mass is 16.3. The van der Waals surface area contributed by atoms with E-state index in [1.165, 1.54) is 38.1 Å². The van der Waals surface area contributed by atoms with Crippen LogP contribution in [0.4, 0.5) is 0 Å². The van der Waals surface area contributed by atoms with Crippen LogP contribution in [0.15, 0.2) is 24.3 Å². The number of benzene rings is 2. The summed E-state index contributed by atoms with van der Waals surface area (Å²) < 4.78 is 0. The third-order valence-corrected chi connectivity index (χ3v) is 2.88. The van der Waals surface area contributed by atoms with E-state index in [1.807, 2.05) is 0 Å². The van der Waals surface area contributed by atoms with Gasteiger partial charge in [-0.2, -0.15) is 0 Å². The van der Waals surface area contributed by atoms with Crippen LogP contribution in [0.1, 0.15) is 34.6 Å². The minimum Gasteiger partial charge on any atom is -0.507 e. The fourth-order valence-electron chi connectivity index (χ4n) is 2.05. The lowest BCUT2D eigenvalue weighted by Crippen LogP contribution is -1.99. The van der Waals surface area contributed by atoms with E-state index in [-0.39, 0.29) is 45.0 Å². The Hall–Kier alpha value is -2.36. The third kappa shape index (κ3) is 1.72. The van der Waals surface area contributed by atoms with E-state index in [1.54, 1.807) is 0 Å². The number of hydrogen-bond donors (Lipinski definition) is 2. The van der Waals surface area contributed by atoms with E-state index in [2.05, 4.69) is 0 Å². The predicted molar refractivity (Wildman–Crippen MR) is 67.3 cm³/mol. The summed E-state index contributed by atoms with van der Waals surface area (Å²) >= 11 is 0. The number of carbonyl (C=O) groups is 2. The van der Waals surface area contributed by atoms with E-state index in [0.29, 0.717) is 0 Å². The number of phenols is 2. The lowest BCUT2D eigenvalue weighted by Gasteiger charge is -2.10. The molecule has 0 spiro atoms. The lowest BCUT2D eigenvalue weighted by molar-refractivity contribution is 0.100. The molecule has 2 N–H and O–H groups in total. The number of phenolic OH excluding ortho intramolecular Hbond substituents is 2. The molecule has 0 aliphatic heterocycles. The summed E-state index contributed by atoms with van der Waals surface area (Å²) in [6, 6.07) is 5.57. The van der Waals surface area contributed by atoms with Gasteiger partial charge in [0.15, 0.2) is 11.6 Å². The van der Waals surface area contributed by atoms with Gasteiger partial charge in [-0.15, -0.1) is 0 Å². The number of aromatic hydroxyl groups is 2. The van der Waals surface area contributed by atoms with Crippen molar-refractivity contribution in [2.75, 3.05) is 0 Å². The Balaban J connectivity index is 3.04. The maximum Gasteiger partial charge on any atom is 0.160 e. The molecule has 92 valence electrons. The van der Waals surface area contributed by atoms with Crippen molar-refractivity contribution in [3.8, 4) is 11.5 Å². The topological polar surface area (TPSA) is 74.6 Å². The molecule has 0 aliphatic rings. The minimum absolute atomic E-state index is 0.129. The van der Waals surface area contributed by atoms with Crippen molar-refractivity contribution in [2.24, 2.45) is 0 Å². The lowest BCUT2D eigenvalue weighted by atomic mass is 9.95. The normalized spacial score (nSPS) is 10.6. The van der Waals surface area contributed by atoms with E-state index >= 15 is 0 Å². The van der Waals surface area contributed by atoms with Crippen molar-refractivity contribution in [1.82, 2.24) is 0 Å². The first kappa shape index (κ1) is 12.1. The first-order valence-corrected chi connectivity index (χ1v) is 5.43. The molecular formula is C14H12O4. The number of fused-ring (bicyclic) bond motifs is 1. The number of Topliss-reactive ketones (excluding diaryl/α,β-unsaturated/α-hetero) is 2. The SMILES string of the molecule is CC(=O)c1ccc(O)c2c(C(C)=O)ccc(O)c12. The number of ketones is 2. The van der Waals surface area contributed by atoms with E-state index in [0.717, 1.165) is 0 Å². The molecule has 0 unspecified atom stereocenters. The summed E-state index contributed by atoms with van der Waals surface area (Å²) in [6.07, 6.45) is 0. The zero-order chi connectivity index (χ0) is 13.4. The second-order valence-corrected chi connectivity index (χ2v) is 4.13. The molecule has 4 nitrogen and oxygen atoms in total. The van der Waals surface area contributed by atoms with E-state index in [9.17, 15) is 19.8 Å². The van der Waals surface area contributed by atoms with Gasteiger partial charge in [0.25, 0.3) is 0 Å². The fourth-order valence-corrected chi connectivity index (χ4v) is 2.05. The molecule has 0 atom stereocenters. The largest absolute Gasteiger partial charge is 0.507 e. The van der Waals surface area contributed by atoms with Crippen LogP contribution in [0, 0.1) is 0 Å². The molecule has 0 aromatic heterocycles. The van der Waals surface area contributed by atoms with Crippen LogP contribution in [0.5, 0.6) is 11.5 Å². The van der Waals surface area contributed by atoms with Gasteiger partial charge in [-0.1, -0.05) is 0 Å². The van der Waals surface area contributed by atoms with Gasteiger partial charge in [-0.05, 0) is 38.1 Å². The van der Waals surface area contributed by atoms with Crippen LogP contribution >= 0.6 is 0 Å². The summed E-state index contributed by atoms with van der Waals surface area (Å²) in [5.41, 5.74) is 0.562. The molecule has 0 aliphatic carbocycles. The molecule has 2 rings (SSSR count). The zero-order valence-corrected chi connectivity index (χ0v) is 10.0. The molecule has 0 bridgehead atoms. The van der Waals surface area contributed by atoms with Crippen molar-refractivity contribution in [3.05, 3.63) is 35.4 Å². The average Bonchev–Trinajstić information content (AvgIpc) is 2.29. The van der Waals surface area contributed by atoms with Crippen molar-refractivity contribution in [3.63, 3.8) is 0 Å². The number of carbonyl (C=O) groups excluding carboxylic acids is 2. The Morgan fingerprint density at radius 3 is 1.39 bits per heavy atom. The fraction of sp³-hybridized carbons (Fsp3) is 0.143. The highest BCUT2D eigenvalue weighted by Crippen LogP contribution is 2.36. The summed E-state index contributed by atoms with van der Waals surface area (Å²) in [5.74, 6) is -0.737. The summed E-state index contributed by atoms with van der Waals surface area (Å²) in [7, 11) is 0. The summed E-state index contributed by atoms with van der Waals surface area (Å²) in [6.45, 7) is 2.73. The van der Waals surface area contributed by atoms with Gasteiger partial charge in [0.05, 0.1) is 0 Å². The molecule has 0 fully saturated rings. The third-order valence-electron chi connectivity index (χ3n) is 2.88. The van der Waals surface area contributed by atoms with Crippen LogP contribution in [0.25, 0.3) is 10.8 Å². The average molecular weight is 244 g/mol. The Kier molecular flexibility index (Phi) is 2.79. The molecule has 2 aromatic rings. The first-order chi connectivity index (χ1) is 8.43. The molecule has 0 saturated heterocycles. The minimum atomic E-state index is -0.240. The smallest absolute Gasteiger partial charge is 0.160 e. The van der Waals surface area contributed by atoms with Crippen LogP contribution in [-0.2, 0) is 0 Å². The van der Waals surface area contributed by atoms with Crippen LogP contribution < -0.4 is 0 Å². The molecule has 0 amide bonds. The van der Waals surface area contributed by atoms with Crippen LogP contribution in [0.2, 0.25) is 0 Å². The monoisotopic (exact) mass is 244 g/mol. The maximum atomic E-state index is 11.5. The summed E-state index contributed by atoms with van der Waals surface area (Å²) in [4.78, 5) is 23.1. The Morgan fingerprint density at radius 2 is 1.11 bits per heavy atom. The van der Waals surface area contributed by atoms with Crippen LogP contribution in [-0.4, -0.2) is 21.8 Å². The standard InChI is InChI=1S/C14H12O4/c1-7(15)9-3-5-12(18)14-10(8(2)16)4-6-11(17)13(9)14/h3-6,17-18H,1-2H3. The van der Waals surface area contributed by atoms with Crippen molar-refractivity contribution >= 4 is 22.3 Å². The van der Waals surface area contributed by atoms with E-state index in [4.69, 9.17) is 0 Å². The second kappa shape index (κ2) is 4.14. The van der Waals surface area contributed by atoms with Crippen molar-refractivity contribution in [2.45, 2.75) is 13.8 Å². The molecule has 0 radical (unpaired) electrons. The molecule has 2 aromatic carbocycles. The number of rotatable bonds is 2. The van der Waals surface area contributed by atoms with Gasteiger partial charge in [-0.25, -0.2) is 0 Å². The maximum absolute atomic E-state index is 11.5. The molecule has 0 saturated carbocycles. The summed E-state index contributed by atoms with van der Waals surface area (Å²) in [5, 5.41) is 20.1. The van der Waals surface area contributed by atoms with Gasteiger partial charge < -0.3 is 10.2 Å². The van der Waals surface area contributed by atoms with Gasteiger partial charge in [0, 0.05) is 21.9 Å². The zero-order valence-electron chi connectivity index (χ0n) is 10.0.